The number of carbonyl (C=O) groups excluding carboxylic acids is 2. The zero-order valence-corrected chi connectivity index (χ0v) is 13.7. The lowest BCUT2D eigenvalue weighted by Crippen LogP contribution is -2.16. The lowest BCUT2D eigenvalue weighted by Gasteiger charge is -1.99. The number of primary amides is 1. The summed E-state index contributed by atoms with van der Waals surface area (Å²) in [5, 5.41) is 6.37. The van der Waals surface area contributed by atoms with Gasteiger partial charge in [0.2, 0.25) is 11.8 Å². The minimum Gasteiger partial charge on any atom is -0.440 e. The van der Waals surface area contributed by atoms with E-state index in [1.54, 1.807) is 6.92 Å². The summed E-state index contributed by atoms with van der Waals surface area (Å²) < 4.78 is 5.59. The maximum Gasteiger partial charge on any atom is 0.268 e. The van der Waals surface area contributed by atoms with Crippen LogP contribution in [-0.2, 0) is 11.2 Å². The maximum absolute atomic E-state index is 12.1. The Morgan fingerprint density at radius 3 is 2.83 bits per heavy atom. The number of nitrogens with one attached hydrogen (secondary N) is 1. The zero-order chi connectivity index (χ0) is 16.4. The van der Waals surface area contributed by atoms with Crippen LogP contribution in [0.1, 0.15) is 21.9 Å². The summed E-state index contributed by atoms with van der Waals surface area (Å²) >= 11 is 2.65. The number of aryl methyl sites for hydroxylation is 1. The zero-order valence-electron chi connectivity index (χ0n) is 12.0. The average molecular weight is 348 g/mol. The highest BCUT2D eigenvalue weighted by atomic mass is 32.1. The second-order valence-corrected chi connectivity index (χ2v) is 6.43. The molecule has 0 bridgehead atoms. The van der Waals surface area contributed by atoms with Crippen LogP contribution in [0.4, 0.5) is 5.13 Å². The molecule has 23 heavy (non-hydrogen) atoms. The first kappa shape index (κ1) is 15.4. The molecule has 0 unspecified atom stereocenters. The van der Waals surface area contributed by atoms with Gasteiger partial charge in [0.05, 0.1) is 17.0 Å². The SMILES string of the molecule is Cc1oc(-c2cccs2)nc1CC(=O)Nc1nc(C(N)=O)cs1. The van der Waals surface area contributed by atoms with E-state index in [-0.39, 0.29) is 18.0 Å². The van der Waals surface area contributed by atoms with Crippen LogP contribution in [0.25, 0.3) is 10.8 Å². The number of oxazole rings is 1. The van der Waals surface area contributed by atoms with E-state index in [0.29, 0.717) is 22.5 Å². The van der Waals surface area contributed by atoms with Crippen LogP contribution in [0.5, 0.6) is 0 Å². The van der Waals surface area contributed by atoms with E-state index in [0.717, 1.165) is 16.2 Å². The first-order valence-corrected chi connectivity index (χ1v) is 8.34. The number of amides is 2. The fourth-order valence-electron chi connectivity index (χ4n) is 1.86. The Hall–Kier alpha value is -2.52. The second-order valence-electron chi connectivity index (χ2n) is 4.63. The predicted molar refractivity (Wildman–Crippen MR) is 87.5 cm³/mol. The van der Waals surface area contributed by atoms with E-state index < -0.39 is 5.91 Å². The van der Waals surface area contributed by atoms with Gasteiger partial charge in [-0.2, -0.15) is 0 Å². The highest BCUT2D eigenvalue weighted by Crippen LogP contribution is 2.26. The Morgan fingerprint density at radius 2 is 2.17 bits per heavy atom. The van der Waals surface area contributed by atoms with Crippen molar-refractivity contribution in [3.8, 4) is 10.8 Å². The lowest BCUT2D eigenvalue weighted by molar-refractivity contribution is -0.115. The van der Waals surface area contributed by atoms with Gasteiger partial charge < -0.3 is 15.5 Å². The van der Waals surface area contributed by atoms with Crippen LogP contribution in [0.15, 0.2) is 27.3 Å². The summed E-state index contributed by atoms with van der Waals surface area (Å²) in [5.41, 5.74) is 5.82. The van der Waals surface area contributed by atoms with E-state index >= 15 is 0 Å². The van der Waals surface area contributed by atoms with Gasteiger partial charge in [-0.05, 0) is 18.4 Å². The highest BCUT2D eigenvalue weighted by molar-refractivity contribution is 7.14. The molecule has 0 aromatic carbocycles. The minimum absolute atomic E-state index is 0.0617. The molecule has 0 radical (unpaired) electrons. The molecule has 0 aliphatic heterocycles. The van der Waals surface area contributed by atoms with Crippen LogP contribution in [0.2, 0.25) is 0 Å². The number of hydrogen-bond donors (Lipinski definition) is 2. The first-order chi connectivity index (χ1) is 11.0. The summed E-state index contributed by atoms with van der Waals surface area (Å²) in [6.45, 7) is 1.77. The van der Waals surface area contributed by atoms with Crippen molar-refractivity contribution in [1.29, 1.82) is 0 Å². The third-order valence-corrected chi connectivity index (χ3v) is 4.57. The molecule has 0 aliphatic carbocycles. The highest BCUT2D eigenvalue weighted by Gasteiger charge is 2.16. The van der Waals surface area contributed by atoms with Gasteiger partial charge >= 0.3 is 0 Å². The van der Waals surface area contributed by atoms with E-state index in [9.17, 15) is 9.59 Å². The number of nitrogens with zero attached hydrogens (tertiary/aromatic N) is 2. The van der Waals surface area contributed by atoms with Crippen LogP contribution in [-0.4, -0.2) is 21.8 Å². The third-order valence-electron chi connectivity index (χ3n) is 2.96. The van der Waals surface area contributed by atoms with Crippen LogP contribution < -0.4 is 11.1 Å². The summed E-state index contributed by atoms with van der Waals surface area (Å²) in [6, 6.07) is 3.81. The Kier molecular flexibility index (Phi) is 4.22. The van der Waals surface area contributed by atoms with Gasteiger partial charge in [0.15, 0.2) is 5.13 Å². The third kappa shape index (κ3) is 3.46. The summed E-state index contributed by atoms with van der Waals surface area (Å²) in [4.78, 5) is 32.2. The van der Waals surface area contributed by atoms with Crippen LogP contribution >= 0.6 is 22.7 Å². The van der Waals surface area contributed by atoms with Gasteiger partial charge in [-0.3, -0.25) is 9.59 Å². The van der Waals surface area contributed by atoms with E-state index in [1.807, 2.05) is 17.5 Å². The number of thiazole rings is 1. The van der Waals surface area contributed by atoms with Gasteiger partial charge in [-0.1, -0.05) is 6.07 Å². The summed E-state index contributed by atoms with van der Waals surface area (Å²) in [5.74, 6) is 0.185. The van der Waals surface area contributed by atoms with Gasteiger partial charge in [0.25, 0.3) is 5.91 Å². The molecule has 9 heteroatoms. The number of aromatic nitrogens is 2. The molecule has 0 atom stereocenters. The molecule has 3 aromatic rings. The number of carbonyl (C=O) groups is 2. The number of anilines is 1. The van der Waals surface area contributed by atoms with E-state index in [4.69, 9.17) is 10.2 Å². The van der Waals surface area contributed by atoms with Gasteiger partial charge in [0.1, 0.15) is 11.5 Å². The van der Waals surface area contributed by atoms with Crippen molar-refractivity contribution in [2.24, 2.45) is 5.73 Å². The monoisotopic (exact) mass is 348 g/mol. The predicted octanol–water partition coefficient (Wildman–Crippen LogP) is 2.45. The van der Waals surface area contributed by atoms with E-state index in [2.05, 4.69) is 15.3 Å². The molecular formula is C14H12N4O3S2. The molecule has 0 fully saturated rings. The van der Waals surface area contributed by atoms with Crippen molar-refractivity contribution in [2.75, 3.05) is 5.32 Å². The summed E-state index contributed by atoms with van der Waals surface area (Å²) in [6.07, 6.45) is 0.0617. The number of thiophene rings is 1. The Balaban J connectivity index is 1.69. The number of rotatable bonds is 5. The molecular weight excluding hydrogens is 336 g/mol. The van der Waals surface area contributed by atoms with Crippen molar-refractivity contribution in [3.05, 3.63) is 40.0 Å². The molecule has 0 spiro atoms. The Labute approximate surface area is 139 Å². The van der Waals surface area contributed by atoms with Gasteiger partial charge in [-0.25, -0.2) is 9.97 Å². The molecule has 2 amide bonds. The number of hydrogen-bond acceptors (Lipinski definition) is 7. The fourth-order valence-corrected chi connectivity index (χ4v) is 3.22. The quantitative estimate of drug-likeness (QED) is 0.735. The smallest absolute Gasteiger partial charge is 0.268 e. The van der Waals surface area contributed by atoms with Gasteiger partial charge in [-0.15, -0.1) is 22.7 Å². The largest absolute Gasteiger partial charge is 0.440 e. The molecule has 0 saturated heterocycles. The Morgan fingerprint density at radius 1 is 1.35 bits per heavy atom. The lowest BCUT2D eigenvalue weighted by atomic mass is 10.2. The minimum atomic E-state index is -0.630. The van der Waals surface area contributed by atoms with Crippen molar-refractivity contribution in [1.82, 2.24) is 9.97 Å². The maximum atomic E-state index is 12.1. The fraction of sp³-hybridized carbons (Fsp3) is 0.143. The number of nitrogens with two attached hydrogens (primary N) is 1. The van der Waals surface area contributed by atoms with Crippen LogP contribution in [0.3, 0.4) is 0 Å². The first-order valence-electron chi connectivity index (χ1n) is 6.58. The van der Waals surface area contributed by atoms with Crippen molar-refractivity contribution < 1.29 is 14.0 Å². The topological polar surface area (TPSA) is 111 Å². The average Bonchev–Trinajstić information content (AvgIpc) is 3.20. The molecule has 3 heterocycles. The van der Waals surface area contributed by atoms with Gasteiger partial charge in [0, 0.05) is 5.38 Å². The van der Waals surface area contributed by atoms with Crippen LogP contribution in [0, 0.1) is 6.92 Å². The molecule has 7 nitrogen and oxygen atoms in total. The molecule has 0 aliphatic rings. The van der Waals surface area contributed by atoms with E-state index in [1.165, 1.54) is 16.7 Å². The van der Waals surface area contributed by atoms with Crippen molar-refractivity contribution in [2.45, 2.75) is 13.3 Å². The molecule has 3 rings (SSSR count). The normalized spacial score (nSPS) is 10.7. The van der Waals surface area contributed by atoms with Crippen molar-refractivity contribution in [3.63, 3.8) is 0 Å². The summed E-state index contributed by atoms with van der Waals surface area (Å²) in [7, 11) is 0. The molecule has 0 saturated carbocycles. The standard InChI is InChI=1S/C14H12N4O3S2/c1-7-8(16-13(21-7)10-3-2-4-22-10)5-11(19)18-14-17-9(6-23-14)12(15)20/h2-4,6H,5H2,1H3,(H2,15,20)(H,17,18,19). The molecule has 118 valence electrons. The second kappa shape index (κ2) is 6.31. The van der Waals surface area contributed by atoms with Crippen molar-refractivity contribution >= 4 is 39.6 Å². The molecule has 3 aromatic heterocycles. The molecule has 3 N–H and O–H groups in total. The Bertz CT molecular complexity index is 851.